The molecule has 6 aliphatic carbocycles. The van der Waals surface area contributed by atoms with E-state index >= 15 is 0 Å². The van der Waals surface area contributed by atoms with E-state index in [4.69, 9.17) is 10.0 Å². The van der Waals surface area contributed by atoms with Gasteiger partial charge in [0.15, 0.2) is 0 Å². The first-order chi connectivity index (χ1) is 9.09. The molecule has 0 aromatic carbocycles. The fourth-order valence-corrected chi connectivity index (χ4v) is 11.8. The van der Waals surface area contributed by atoms with Crippen LogP contribution < -0.4 is 0 Å². The third-order valence-electron chi connectivity index (χ3n) is 7.30. The SMILES string of the molecule is [O-]N(O)OCC[C@]12[C@@H]3[C@H](I)[C@@H]4[C@H]5C[C@H]([C@@H]([C@H]53)[C@H]1I)[C@H]42. The third-order valence-corrected chi connectivity index (χ3v) is 10.9. The minimum Gasteiger partial charge on any atom is -0.738 e. The molecule has 0 aromatic heterocycles. The van der Waals surface area contributed by atoms with Gasteiger partial charge in [0.05, 0.1) is 6.61 Å². The second-order valence-electron chi connectivity index (χ2n) is 7.13. The molecule has 6 fully saturated rings. The highest BCUT2D eigenvalue weighted by atomic mass is 127. The molecule has 0 spiro atoms. The molecule has 0 radical (unpaired) electrons. The van der Waals surface area contributed by atoms with Gasteiger partial charge in [-0.05, 0) is 59.7 Å². The summed E-state index contributed by atoms with van der Waals surface area (Å²) < 4.78 is 1.62. The van der Waals surface area contributed by atoms with Crippen LogP contribution in [0, 0.1) is 52.0 Å². The summed E-state index contributed by atoms with van der Waals surface area (Å²) in [6.45, 7) is 0.374. The number of rotatable bonds is 4. The van der Waals surface area contributed by atoms with Crippen LogP contribution in [-0.2, 0) is 4.84 Å². The molecule has 19 heavy (non-hydrogen) atoms. The van der Waals surface area contributed by atoms with Gasteiger partial charge in [-0.1, -0.05) is 45.2 Å². The lowest BCUT2D eigenvalue weighted by atomic mass is 9.62. The Hall–Kier alpha value is 1.30. The van der Waals surface area contributed by atoms with Gasteiger partial charge < -0.3 is 10.4 Å². The van der Waals surface area contributed by atoms with Crippen molar-refractivity contribution in [2.75, 3.05) is 6.61 Å². The summed E-state index contributed by atoms with van der Waals surface area (Å²) in [6, 6.07) is 0. The van der Waals surface area contributed by atoms with Gasteiger partial charge in [-0.25, -0.2) is 0 Å². The van der Waals surface area contributed by atoms with Crippen molar-refractivity contribution < 1.29 is 10.0 Å². The van der Waals surface area contributed by atoms with E-state index in [2.05, 4.69) is 45.2 Å². The number of hydrogen-bond donors (Lipinski definition) is 1. The van der Waals surface area contributed by atoms with Crippen LogP contribution in [0.2, 0.25) is 0 Å². The van der Waals surface area contributed by atoms with Crippen molar-refractivity contribution in [2.45, 2.75) is 20.7 Å². The van der Waals surface area contributed by atoms with Crippen LogP contribution in [-0.4, -0.2) is 25.1 Å². The summed E-state index contributed by atoms with van der Waals surface area (Å²) in [5.74, 6) is 6.62. The topological polar surface area (TPSA) is 55.8 Å². The van der Waals surface area contributed by atoms with E-state index in [1.165, 1.54) is 6.42 Å². The Bertz CT molecular complexity index is 446. The van der Waals surface area contributed by atoms with E-state index in [0.717, 1.165) is 55.7 Å². The maximum atomic E-state index is 10.5. The molecule has 1 N–H and O–H groups in total. The molecule has 0 unspecified atom stereocenters. The average Bonchev–Trinajstić information content (AvgIpc) is 3.05. The normalized spacial score (nSPS) is 66.5. The summed E-state index contributed by atoms with van der Waals surface area (Å²) in [4.78, 5) is 4.78. The van der Waals surface area contributed by atoms with Crippen molar-refractivity contribution in [3.8, 4) is 0 Å². The maximum absolute atomic E-state index is 10.5. The zero-order valence-corrected chi connectivity index (χ0v) is 14.6. The molecule has 0 aromatic rings. The van der Waals surface area contributed by atoms with Crippen molar-refractivity contribution in [1.82, 2.24) is 5.39 Å². The van der Waals surface area contributed by atoms with Crippen molar-refractivity contribution in [1.29, 1.82) is 0 Å². The van der Waals surface area contributed by atoms with E-state index in [9.17, 15) is 5.21 Å². The van der Waals surface area contributed by atoms with E-state index in [-0.39, 0.29) is 5.39 Å². The molecule has 6 aliphatic rings. The van der Waals surface area contributed by atoms with Crippen LogP contribution in [0.5, 0.6) is 0 Å². The van der Waals surface area contributed by atoms with Gasteiger partial charge in [0.2, 0.25) is 0 Å². The Morgan fingerprint density at radius 1 is 1.21 bits per heavy atom. The Labute approximate surface area is 139 Å². The minimum absolute atomic E-state index is 0.371. The van der Waals surface area contributed by atoms with Crippen LogP contribution >= 0.6 is 45.2 Å². The molecule has 0 amide bonds. The number of alkyl halides is 2. The van der Waals surface area contributed by atoms with Gasteiger partial charge in [0.1, 0.15) is 0 Å². The average molecular weight is 488 g/mol. The summed E-state index contributed by atoms with van der Waals surface area (Å²) in [5.41, 5.74) is 0.417. The molecular formula is C13H16I2NO3-. The third kappa shape index (κ3) is 1.17. The van der Waals surface area contributed by atoms with Gasteiger partial charge in [-0.3, -0.25) is 4.84 Å². The lowest BCUT2D eigenvalue weighted by Crippen LogP contribution is -2.41. The quantitative estimate of drug-likeness (QED) is 0.376. The van der Waals surface area contributed by atoms with Crippen LogP contribution in [0.1, 0.15) is 12.8 Å². The van der Waals surface area contributed by atoms with Gasteiger partial charge in [-0.15, -0.1) is 5.39 Å². The second-order valence-corrected chi connectivity index (χ2v) is 9.91. The molecule has 6 saturated carbocycles. The molecule has 6 heteroatoms. The monoisotopic (exact) mass is 488 g/mol. The first-order valence-corrected chi connectivity index (χ1v) is 9.65. The summed E-state index contributed by atoms with van der Waals surface area (Å²) >= 11 is 5.43. The highest BCUT2D eigenvalue weighted by molar-refractivity contribution is 14.1. The van der Waals surface area contributed by atoms with Crippen molar-refractivity contribution in [2.24, 2.45) is 46.8 Å². The van der Waals surface area contributed by atoms with Crippen molar-refractivity contribution in [3.05, 3.63) is 5.21 Å². The second kappa shape index (κ2) is 3.79. The largest absolute Gasteiger partial charge is 0.738 e. The fourth-order valence-electron chi connectivity index (χ4n) is 7.49. The predicted octanol–water partition coefficient (Wildman–Crippen LogP) is 2.86. The maximum Gasteiger partial charge on any atom is 0.0706 e. The molecular weight excluding hydrogens is 472 g/mol. The number of hydrogen-bond acceptors (Lipinski definition) is 4. The van der Waals surface area contributed by atoms with E-state index < -0.39 is 0 Å². The van der Waals surface area contributed by atoms with Gasteiger partial charge >= 0.3 is 0 Å². The van der Waals surface area contributed by atoms with Gasteiger partial charge in [0.25, 0.3) is 0 Å². The fraction of sp³-hybridized carbons (Fsp3) is 1.00. The molecule has 6 bridgehead atoms. The Kier molecular flexibility index (Phi) is 2.55. The first-order valence-electron chi connectivity index (χ1n) is 7.16. The highest BCUT2D eigenvalue weighted by Gasteiger charge is 2.87. The lowest BCUT2D eigenvalue weighted by molar-refractivity contribution is -0.308. The molecule has 10 atom stereocenters. The Morgan fingerprint density at radius 3 is 2.74 bits per heavy atom. The molecule has 4 nitrogen and oxygen atoms in total. The van der Waals surface area contributed by atoms with E-state index in [1.807, 2.05) is 0 Å². The summed E-state index contributed by atoms with van der Waals surface area (Å²) in [5, 5.41) is 18.8. The Morgan fingerprint density at radius 2 is 2.00 bits per heavy atom. The van der Waals surface area contributed by atoms with Crippen LogP contribution in [0.25, 0.3) is 0 Å². The Balaban J connectivity index is 1.51. The van der Waals surface area contributed by atoms with Crippen molar-refractivity contribution in [3.63, 3.8) is 0 Å². The van der Waals surface area contributed by atoms with Crippen LogP contribution in [0.15, 0.2) is 0 Å². The zero-order chi connectivity index (χ0) is 13.1. The summed E-state index contributed by atoms with van der Waals surface area (Å²) in [6.07, 6.45) is 2.44. The van der Waals surface area contributed by atoms with Crippen LogP contribution in [0.4, 0.5) is 0 Å². The first kappa shape index (κ1) is 12.8. The zero-order valence-electron chi connectivity index (χ0n) is 10.3. The minimum atomic E-state index is -0.371. The van der Waals surface area contributed by atoms with Gasteiger partial charge in [-0.2, -0.15) is 0 Å². The molecule has 0 heterocycles. The van der Waals surface area contributed by atoms with Crippen molar-refractivity contribution >= 4 is 45.2 Å². The molecule has 0 aliphatic heterocycles. The molecule has 0 saturated heterocycles. The number of halogens is 2. The van der Waals surface area contributed by atoms with Crippen LogP contribution in [0.3, 0.4) is 0 Å². The van der Waals surface area contributed by atoms with Gasteiger partial charge in [0, 0.05) is 7.85 Å². The highest BCUT2D eigenvalue weighted by Crippen LogP contribution is 2.89. The smallest absolute Gasteiger partial charge is 0.0706 e. The molecule has 6 rings (SSSR count). The summed E-state index contributed by atoms with van der Waals surface area (Å²) in [7, 11) is 0. The molecule has 106 valence electrons. The lowest BCUT2D eigenvalue weighted by Gasteiger charge is -2.43. The standard InChI is InChI=1S/C13H16I2NO3/c14-11-8-4-3-5-7-6(4)10(11)13(9(5)8,12(7)15)1-2-19-16(17)18/h4-12,17H,1-3H2/q-1/t4-,5+,6-,7-,8+,9+,10-,11+,12+,13-/m0/s1. The van der Waals surface area contributed by atoms with E-state index in [0.29, 0.717) is 12.0 Å². The predicted molar refractivity (Wildman–Crippen MR) is 84.7 cm³/mol. The van der Waals surface area contributed by atoms with E-state index in [1.54, 1.807) is 0 Å². The number of nitrogens with zero attached hydrogens (tertiary/aromatic N) is 1.